The molecule has 2 unspecified atom stereocenters. The van der Waals surface area contributed by atoms with E-state index < -0.39 is 0 Å². The molecular formula is C19H27N3O4. The number of nitrogen functional groups attached to an aromatic ring is 1. The summed E-state index contributed by atoms with van der Waals surface area (Å²) in [7, 11) is 2.82. The van der Waals surface area contributed by atoms with Crippen LogP contribution >= 0.6 is 0 Å². The van der Waals surface area contributed by atoms with Crippen molar-refractivity contribution in [1.29, 1.82) is 0 Å². The van der Waals surface area contributed by atoms with Gasteiger partial charge in [0.05, 0.1) is 37.2 Å². The summed E-state index contributed by atoms with van der Waals surface area (Å²) in [6, 6.07) is 4.10. The molecule has 7 heteroatoms. The molecule has 3 N–H and O–H groups in total. The summed E-state index contributed by atoms with van der Waals surface area (Å²) >= 11 is 0. The minimum atomic E-state index is -0.365. The van der Waals surface area contributed by atoms with Crippen molar-refractivity contribution in [3.8, 4) is 0 Å². The lowest BCUT2D eigenvalue weighted by Crippen LogP contribution is -2.42. The summed E-state index contributed by atoms with van der Waals surface area (Å²) in [5, 5.41) is 3.47. The van der Waals surface area contributed by atoms with Crippen molar-refractivity contribution >= 4 is 29.1 Å². The first-order chi connectivity index (χ1) is 12.5. The number of carbonyl (C=O) groups is 2. The predicted octanol–water partition coefficient (Wildman–Crippen LogP) is 2.93. The Morgan fingerprint density at radius 1 is 1.19 bits per heavy atom. The first-order valence-corrected chi connectivity index (χ1v) is 9.09. The number of nitrogens with zero attached hydrogens (tertiary/aromatic N) is 1. The minimum absolute atomic E-state index is 0.0491. The molecule has 1 heterocycles. The second kappa shape index (κ2) is 7.43. The number of fused-ring (bicyclic) bond motifs is 1. The average Bonchev–Trinajstić information content (AvgIpc) is 3.11. The average molecular weight is 361 g/mol. The Morgan fingerprint density at radius 2 is 1.96 bits per heavy atom. The molecule has 1 fully saturated rings. The van der Waals surface area contributed by atoms with Gasteiger partial charge in [-0.3, -0.25) is 9.69 Å². The number of anilines is 3. The van der Waals surface area contributed by atoms with E-state index in [9.17, 15) is 9.59 Å². The highest BCUT2D eigenvalue weighted by Crippen LogP contribution is 2.39. The lowest BCUT2D eigenvalue weighted by Gasteiger charge is -2.35. The standard InChI is InChI=1S/C19H27N3O4/c1-11-4-7-14-16(22(11)19(24)26-3)9-8-15(17(14)20)21-13-6-5-12(10-13)18(23)25-2/h8-9,11-13,21H,4-7,10,20H2,1-3H3/t11-,12?,13?/m0/s1. The molecule has 1 aromatic rings. The van der Waals surface area contributed by atoms with Gasteiger partial charge in [-0.1, -0.05) is 0 Å². The SMILES string of the molecule is COC(=O)C1CCC(Nc2ccc3c(c2N)CC[C@H](C)N3C(=O)OC)C1. The van der Waals surface area contributed by atoms with Gasteiger partial charge in [0.1, 0.15) is 0 Å². The number of hydrogen-bond donors (Lipinski definition) is 2. The van der Waals surface area contributed by atoms with Crippen molar-refractivity contribution in [2.45, 2.75) is 51.1 Å². The Bertz CT molecular complexity index is 706. The van der Waals surface area contributed by atoms with Gasteiger partial charge >= 0.3 is 12.1 Å². The highest BCUT2D eigenvalue weighted by atomic mass is 16.5. The number of rotatable bonds is 3. The van der Waals surface area contributed by atoms with Gasteiger partial charge in [-0.15, -0.1) is 0 Å². The normalized spacial score (nSPS) is 24.7. The van der Waals surface area contributed by atoms with Gasteiger partial charge in [-0.2, -0.15) is 0 Å². The molecule has 1 aliphatic heterocycles. The molecule has 3 atom stereocenters. The number of benzene rings is 1. The first kappa shape index (κ1) is 18.4. The fourth-order valence-electron chi connectivity index (χ4n) is 4.08. The van der Waals surface area contributed by atoms with E-state index in [0.717, 1.165) is 49.0 Å². The zero-order chi connectivity index (χ0) is 18.8. The summed E-state index contributed by atoms with van der Waals surface area (Å²) in [6.07, 6.45) is 3.76. The lowest BCUT2D eigenvalue weighted by atomic mass is 9.94. The minimum Gasteiger partial charge on any atom is -0.469 e. The summed E-state index contributed by atoms with van der Waals surface area (Å²) in [5.41, 5.74) is 9.74. The number of nitrogens with two attached hydrogens (primary N) is 1. The smallest absolute Gasteiger partial charge is 0.414 e. The van der Waals surface area contributed by atoms with Crippen molar-refractivity contribution in [3.05, 3.63) is 17.7 Å². The maximum Gasteiger partial charge on any atom is 0.414 e. The molecule has 1 saturated carbocycles. The highest BCUT2D eigenvalue weighted by Gasteiger charge is 2.33. The Balaban J connectivity index is 1.80. The van der Waals surface area contributed by atoms with Gasteiger partial charge in [-0.05, 0) is 51.2 Å². The van der Waals surface area contributed by atoms with E-state index in [1.165, 1.54) is 14.2 Å². The van der Waals surface area contributed by atoms with Gasteiger partial charge in [0.15, 0.2) is 0 Å². The largest absolute Gasteiger partial charge is 0.469 e. The number of carbonyl (C=O) groups excluding carboxylic acids is 2. The van der Waals surface area contributed by atoms with Crippen LogP contribution in [0.2, 0.25) is 0 Å². The second-order valence-corrected chi connectivity index (χ2v) is 7.13. The van der Waals surface area contributed by atoms with Gasteiger partial charge in [0, 0.05) is 17.6 Å². The van der Waals surface area contributed by atoms with Crippen molar-refractivity contribution < 1.29 is 19.1 Å². The van der Waals surface area contributed by atoms with Gasteiger partial charge in [-0.25, -0.2) is 4.79 Å². The predicted molar refractivity (Wildman–Crippen MR) is 100 cm³/mol. The zero-order valence-corrected chi connectivity index (χ0v) is 15.6. The Kier molecular flexibility index (Phi) is 5.25. The second-order valence-electron chi connectivity index (χ2n) is 7.13. The van der Waals surface area contributed by atoms with Crippen LogP contribution in [0, 0.1) is 5.92 Å². The Labute approximate surface area is 153 Å². The van der Waals surface area contributed by atoms with E-state index >= 15 is 0 Å². The Morgan fingerprint density at radius 3 is 2.65 bits per heavy atom. The molecule has 2 aliphatic rings. The number of hydrogen-bond acceptors (Lipinski definition) is 6. The topological polar surface area (TPSA) is 93.9 Å². The van der Waals surface area contributed by atoms with Crippen LogP contribution < -0.4 is 16.0 Å². The van der Waals surface area contributed by atoms with Gasteiger partial charge < -0.3 is 20.5 Å². The molecule has 26 heavy (non-hydrogen) atoms. The van der Waals surface area contributed by atoms with Crippen LogP contribution in [0.5, 0.6) is 0 Å². The van der Waals surface area contributed by atoms with E-state index in [1.54, 1.807) is 4.90 Å². The van der Waals surface area contributed by atoms with E-state index in [-0.39, 0.29) is 30.1 Å². The molecule has 3 rings (SSSR count). The fourth-order valence-corrected chi connectivity index (χ4v) is 4.08. The third-order valence-corrected chi connectivity index (χ3v) is 5.54. The molecule has 1 amide bonds. The van der Waals surface area contributed by atoms with E-state index in [1.807, 2.05) is 19.1 Å². The molecule has 0 bridgehead atoms. The first-order valence-electron chi connectivity index (χ1n) is 9.09. The van der Waals surface area contributed by atoms with Crippen molar-refractivity contribution in [1.82, 2.24) is 0 Å². The molecule has 1 aliphatic carbocycles. The Hall–Kier alpha value is -2.44. The van der Waals surface area contributed by atoms with Crippen molar-refractivity contribution in [3.63, 3.8) is 0 Å². The summed E-state index contributed by atoms with van der Waals surface area (Å²) in [6.45, 7) is 2.01. The molecule has 0 saturated heterocycles. The fraction of sp³-hybridized carbons (Fsp3) is 0.579. The van der Waals surface area contributed by atoms with Gasteiger partial charge in [0.2, 0.25) is 0 Å². The molecule has 0 radical (unpaired) electrons. The van der Waals surface area contributed by atoms with E-state index in [2.05, 4.69) is 5.32 Å². The molecule has 7 nitrogen and oxygen atoms in total. The van der Waals surface area contributed by atoms with Crippen LogP contribution in [0.25, 0.3) is 0 Å². The maximum atomic E-state index is 12.1. The molecule has 0 spiro atoms. The van der Waals surface area contributed by atoms with Crippen LogP contribution in [0.3, 0.4) is 0 Å². The summed E-state index contributed by atoms with van der Waals surface area (Å²) in [5.74, 6) is -0.192. The van der Waals surface area contributed by atoms with Crippen molar-refractivity contribution in [2.75, 3.05) is 30.2 Å². The molecular weight excluding hydrogens is 334 g/mol. The summed E-state index contributed by atoms with van der Waals surface area (Å²) in [4.78, 5) is 25.5. The van der Waals surface area contributed by atoms with E-state index in [4.69, 9.17) is 15.2 Å². The third-order valence-electron chi connectivity index (χ3n) is 5.54. The zero-order valence-electron chi connectivity index (χ0n) is 15.6. The lowest BCUT2D eigenvalue weighted by molar-refractivity contribution is -0.145. The number of amides is 1. The van der Waals surface area contributed by atoms with Crippen LogP contribution in [0.4, 0.5) is 21.9 Å². The summed E-state index contributed by atoms with van der Waals surface area (Å²) < 4.78 is 9.77. The molecule has 1 aromatic carbocycles. The highest BCUT2D eigenvalue weighted by molar-refractivity contribution is 5.93. The number of nitrogens with one attached hydrogen (secondary N) is 1. The third kappa shape index (κ3) is 3.30. The number of ether oxygens (including phenoxy) is 2. The monoisotopic (exact) mass is 361 g/mol. The van der Waals surface area contributed by atoms with Crippen molar-refractivity contribution in [2.24, 2.45) is 5.92 Å². The number of methoxy groups -OCH3 is 2. The van der Waals surface area contributed by atoms with E-state index in [0.29, 0.717) is 5.69 Å². The number of esters is 1. The van der Waals surface area contributed by atoms with Crippen LogP contribution in [0.1, 0.15) is 38.2 Å². The van der Waals surface area contributed by atoms with Crippen LogP contribution in [-0.2, 0) is 20.7 Å². The maximum absolute atomic E-state index is 12.1. The van der Waals surface area contributed by atoms with Gasteiger partial charge in [0.25, 0.3) is 0 Å². The molecule has 0 aromatic heterocycles. The quantitative estimate of drug-likeness (QED) is 0.635. The molecule has 142 valence electrons. The van der Waals surface area contributed by atoms with Crippen LogP contribution in [-0.4, -0.2) is 38.4 Å². The van der Waals surface area contributed by atoms with Crippen LogP contribution in [0.15, 0.2) is 12.1 Å².